The molecule has 0 aromatic heterocycles. The Morgan fingerprint density at radius 3 is 2.58 bits per heavy atom. The Hall–Kier alpha value is -2.34. The average Bonchev–Trinajstić information content (AvgIpc) is 2.72. The van der Waals surface area contributed by atoms with Crippen LogP contribution in [-0.4, -0.2) is 67.6 Å². The largest absolute Gasteiger partial charge is 0.490 e. The van der Waals surface area contributed by atoms with Crippen molar-refractivity contribution in [2.24, 2.45) is 5.92 Å². The molecule has 0 bridgehead atoms. The summed E-state index contributed by atoms with van der Waals surface area (Å²) in [6, 6.07) is 7.12. The van der Waals surface area contributed by atoms with Gasteiger partial charge in [0.15, 0.2) is 0 Å². The summed E-state index contributed by atoms with van der Waals surface area (Å²) >= 11 is 0. The standard InChI is InChI=1S/C20H26N2O4/c1-2-12-26-18-7-5-16(6-8-18)19(23)22-9-3-4-17(15-22)20(24)21-10-13-25-14-11-21/h2,5-8,17H,1,3-4,9-15H2. The van der Waals surface area contributed by atoms with Gasteiger partial charge in [0.25, 0.3) is 5.91 Å². The second-order valence-corrected chi connectivity index (χ2v) is 6.65. The Kier molecular flexibility index (Phi) is 6.28. The number of ether oxygens (including phenoxy) is 2. The van der Waals surface area contributed by atoms with Crippen molar-refractivity contribution in [1.29, 1.82) is 0 Å². The minimum Gasteiger partial charge on any atom is -0.490 e. The van der Waals surface area contributed by atoms with E-state index in [9.17, 15) is 9.59 Å². The zero-order chi connectivity index (χ0) is 18.4. The van der Waals surface area contributed by atoms with Crippen molar-refractivity contribution >= 4 is 11.8 Å². The first kappa shape index (κ1) is 18.5. The van der Waals surface area contributed by atoms with E-state index >= 15 is 0 Å². The molecule has 0 spiro atoms. The van der Waals surface area contributed by atoms with Gasteiger partial charge in [0, 0.05) is 31.7 Å². The summed E-state index contributed by atoms with van der Waals surface area (Å²) in [6.07, 6.45) is 3.37. The zero-order valence-electron chi connectivity index (χ0n) is 15.1. The van der Waals surface area contributed by atoms with Crippen LogP contribution in [0.5, 0.6) is 5.75 Å². The van der Waals surface area contributed by atoms with Crippen molar-refractivity contribution in [2.75, 3.05) is 46.0 Å². The van der Waals surface area contributed by atoms with Gasteiger partial charge < -0.3 is 19.3 Å². The van der Waals surface area contributed by atoms with Gasteiger partial charge in [-0.15, -0.1) is 0 Å². The molecule has 2 aliphatic heterocycles. The van der Waals surface area contributed by atoms with Crippen molar-refractivity contribution in [3.8, 4) is 5.75 Å². The van der Waals surface area contributed by atoms with E-state index in [1.165, 1.54) is 0 Å². The molecule has 1 unspecified atom stereocenters. The van der Waals surface area contributed by atoms with E-state index in [0.717, 1.165) is 12.8 Å². The fourth-order valence-corrected chi connectivity index (χ4v) is 3.44. The summed E-state index contributed by atoms with van der Waals surface area (Å²) in [7, 11) is 0. The topological polar surface area (TPSA) is 59.1 Å². The van der Waals surface area contributed by atoms with Crippen LogP contribution in [0, 0.1) is 5.92 Å². The molecule has 0 radical (unpaired) electrons. The molecule has 2 fully saturated rings. The maximum Gasteiger partial charge on any atom is 0.253 e. The summed E-state index contributed by atoms with van der Waals surface area (Å²) in [4.78, 5) is 29.2. The summed E-state index contributed by atoms with van der Waals surface area (Å²) in [5.41, 5.74) is 0.621. The van der Waals surface area contributed by atoms with Crippen molar-refractivity contribution < 1.29 is 19.1 Å². The lowest BCUT2D eigenvalue weighted by atomic mass is 9.95. The van der Waals surface area contributed by atoms with Crippen LogP contribution in [-0.2, 0) is 9.53 Å². The molecule has 26 heavy (non-hydrogen) atoms. The van der Waals surface area contributed by atoms with E-state index in [1.54, 1.807) is 35.2 Å². The fourth-order valence-electron chi connectivity index (χ4n) is 3.44. The van der Waals surface area contributed by atoms with Gasteiger partial charge in [-0.3, -0.25) is 9.59 Å². The molecule has 6 nitrogen and oxygen atoms in total. The summed E-state index contributed by atoms with van der Waals surface area (Å²) in [5, 5.41) is 0. The average molecular weight is 358 g/mol. The second kappa shape index (κ2) is 8.85. The van der Waals surface area contributed by atoms with E-state index in [2.05, 4.69) is 6.58 Å². The Labute approximate surface area is 154 Å². The number of hydrogen-bond acceptors (Lipinski definition) is 4. The Morgan fingerprint density at radius 1 is 1.15 bits per heavy atom. The van der Waals surface area contributed by atoms with Gasteiger partial charge >= 0.3 is 0 Å². The normalized spacial score (nSPS) is 20.5. The maximum atomic E-state index is 12.8. The Balaban J connectivity index is 1.60. The predicted molar refractivity (Wildman–Crippen MR) is 98.2 cm³/mol. The van der Waals surface area contributed by atoms with E-state index < -0.39 is 0 Å². The van der Waals surface area contributed by atoms with Crippen LogP contribution in [0.3, 0.4) is 0 Å². The predicted octanol–water partition coefficient (Wildman–Crippen LogP) is 1.96. The lowest BCUT2D eigenvalue weighted by Crippen LogP contribution is -2.49. The number of amides is 2. The number of morpholine rings is 1. The highest BCUT2D eigenvalue weighted by Gasteiger charge is 2.32. The van der Waals surface area contributed by atoms with Gasteiger partial charge in [-0.05, 0) is 37.1 Å². The van der Waals surface area contributed by atoms with Crippen LogP contribution in [0.2, 0.25) is 0 Å². The summed E-state index contributed by atoms with van der Waals surface area (Å²) in [6.45, 7) is 7.73. The molecule has 1 atom stereocenters. The number of carbonyl (C=O) groups is 2. The molecule has 0 aliphatic carbocycles. The van der Waals surface area contributed by atoms with Gasteiger partial charge in [-0.25, -0.2) is 0 Å². The van der Waals surface area contributed by atoms with Crippen LogP contribution >= 0.6 is 0 Å². The molecular weight excluding hydrogens is 332 g/mol. The highest BCUT2D eigenvalue weighted by atomic mass is 16.5. The number of nitrogens with zero attached hydrogens (tertiary/aromatic N) is 2. The highest BCUT2D eigenvalue weighted by Crippen LogP contribution is 2.22. The van der Waals surface area contributed by atoms with E-state index in [0.29, 0.717) is 57.3 Å². The number of carbonyl (C=O) groups excluding carboxylic acids is 2. The summed E-state index contributed by atoms with van der Waals surface area (Å²) < 4.78 is 10.8. The third kappa shape index (κ3) is 4.43. The molecule has 1 aromatic rings. The van der Waals surface area contributed by atoms with Gasteiger partial charge in [0.2, 0.25) is 5.91 Å². The molecule has 1 aromatic carbocycles. The molecular formula is C20H26N2O4. The van der Waals surface area contributed by atoms with Crippen LogP contribution in [0.15, 0.2) is 36.9 Å². The molecule has 2 amide bonds. The molecule has 6 heteroatoms. The quantitative estimate of drug-likeness (QED) is 0.755. The van der Waals surface area contributed by atoms with Crippen molar-refractivity contribution in [3.63, 3.8) is 0 Å². The Bertz CT molecular complexity index is 638. The molecule has 2 aliphatic rings. The lowest BCUT2D eigenvalue weighted by molar-refractivity contribution is -0.141. The molecule has 3 rings (SSSR count). The first-order valence-electron chi connectivity index (χ1n) is 9.18. The third-order valence-corrected chi connectivity index (χ3v) is 4.85. The molecule has 140 valence electrons. The van der Waals surface area contributed by atoms with Crippen molar-refractivity contribution in [1.82, 2.24) is 9.80 Å². The molecule has 0 saturated carbocycles. The third-order valence-electron chi connectivity index (χ3n) is 4.85. The SMILES string of the molecule is C=CCOc1ccc(C(=O)N2CCCC(C(=O)N3CCOCC3)C2)cc1. The van der Waals surface area contributed by atoms with Crippen LogP contribution in [0.1, 0.15) is 23.2 Å². The molecule has 0 N–H and O–H groups in total. The minimum atomic E-state index is -0.110. The summed E-state index contributed by atoms with van der Waals surface area (Å²) in [5.74, 6) is 0.722. The number of piperidine rings is 1. The molecule has 2 heterocycles. The number of rotatable bonds is 5. The Morgan fingerprint density at radius 2 is 1.88 bits per heavy atom. The number of likely N-dealkylation sites (tertiary alicyclic amines) is 1. The van der Waals surface area contributed by atoms with Crippen LogP contribution < -0.4 is 4.74 Å². The van der Waals surface area contributed by atoms with E-state index in [-0.39, 0.29) is 17.7 Å². The second-order valence-electron chi connectivity index (χ2n) is 6.65. The zero-order valence-corrected chi connectivity index (χ0v) is 15.1. The smallest absolute Gasteiger partial charge is 0.253 e. The maximum absolute atomic E-state index is 12.8. The van der Waals surface area contributed by atoms with Crippen molar-refractivity contribution in [3.05, 3.63) is 42.5 Å². The fraction of sp³-hybridized carbons (Fsp3) is 0.500. The minimum absolute atomic E-state index is 0.0280. The van der Waals surface area contributed by atoms with Gasteiger partial charge in [-0.1, -0.05) is 12.7 Å². The highest BCUT2D eigenvalue weighted by molar-refractivity contribution is 5.94. The number of hydrogen-bond donors (Lipinski definition) is 0. The monoisotopic (exact) mass is 358 g/mol. The van der Waals surface area contributed by atoms with Gasteiger partial charge in [0.05, 0.1) is 19.1 Å². The van der Waals surface area contributed by atoms with Crippen LogP contribution in [0.25, 0.3) is 0 Å². The first-order chi connectivity index (χ1) is 12.7. The number of benzene rings is 1. The van der Waals surface area contributed by atoms with Crippen LogP contribution in [0.4, 0.5) is 0 Å². The lowest BCUT2D eigenvalue weighted by Gasteiger charge is -2.36. The molecule has 2 saturated heterocycles. The van der Waals surface area contributed by atoms with Gasteiger partial charge in [-0.2, -0.15) is 0 Å². The van der Waals surface area contributed by atoms with Gasteiger partial charge in [0.1, 0.15) is 12.4 Å². The first-order valence-corrected chi connectivity index (χ1v) is 9.18. The van der Waals surface area contributed by atoms with E-state index in [4.69, 9.17) is 9.47 Å². The van der Waals surface area contributed by atoms with E-state index in [1.807, 2.05) is 4.90 Å². The van der Waals surface area contributed by atoms with Crippen molar-refractivity contribution in [2.45, 2.75) is 12.8 Å².